The molecule has 0 fully saturated rings. The van der Waals surface area contributed by atoms with Crippen LogP contribution >= 0.6 is 0 Å². The maximum absolute atomic E-state index is 12.4. The van der Waals surface area contributed by atoms with Crippen molar-refractivity contribution in [2.45, 2.75) is 34.1 Å². The molecule has 0 unspecified atom stereocenters. The first-order valence-corrected chi connectivity index (χ1v) is 6.50. The van der Waals surface area contributed by atoms with Crippen LogP contribution in [0, 0.1) is 27.7 Å². The van der Waals surface area contributed by atoms with E-state index in [9.17, 15) is 4.79 Å². The number of hydrogen-bond acceptors (Lipinski definition) is 2. The zero-order valence-electron chi connectivity index (χ0n) is 11.9. The van der Waals surface area contributed by atoms with E-state index in [1.54, 1.807) is 6.20 Å². The summed E-state index contributed by atoms with van der Waals surface area (Å²) in [4.78, 5) is 16.6. The number of ketones is 1. The van der Waals surface area contributed by atoms with E-state index < -0.39 is 0 Å². The van der Waals surface area contributed by atoms with Crippen LogP contribution in [0.1, 0.15) is 38.3 Å². The molecule has 1 heterocycles. The quantitative estimate of drug-likeness (QED) is 0.780. The highest BCUT2D eigenvalue weighted by atomic mass is 16.1. The smallest absolute Gasteiger partial charge is 0.169 e. The van der Waals surface area contributed by atoms with E-state index in [0.717, 1.165) is 16.8 Å². The molecule has 0 N–H and O–H groups in total. The first kappa shape index (κ1) is 13.5. The lowest BCUT2D eigenvalue weighted by molar-refractivity contribution is 0.0991. The van der Waals surface area contributed by atoms with Crippen molar-refractivity contribution in [3.8, 4) is 0 Å². The first-order valence-electron chi connectivity index (χ1n) is 6.50. The van der Waals surface area contributed by atoms with Crippen LogP contribution in [0.3, 0.4) is 0 Å². The van der Waals surface area contributed by atoms with Gasteiger partial charge >= 0.3 is 0 Å². The average molecular weight is 253 g/mol. The van der Waals surface area contributed by atoms with Gasteiger partial charge in [-0.2, -0.15) is 0 Å². The van der Waals surface area contributed by atoms with Gasteiger partial charge in [0.25, 0.3) is 0 Å². The van der Waals surface area contributed by atoms with Gasteiger partial charge < -0.3 is 0 Å². The zero-order valence-corrected chi connectivity index (χ0v) is 11.9. The summed E-state index contributed by atoms with van der Waals surface area (Å²) >= 11 is 0. The second kappa shape index (κ2) is 5.35. The molecule has 98 valence electrons. The van der Waals surface area contributed by atoms with Crippen molar-refractivity contribution in [3.05, 3.63) is 64.0 Å². The second-order valence-corrected chi connectivity index (χ2v) is 5.11. The zero-order chi connectivity index (χ0) is 14.0. The number of benzene rings is 1. The molecule has 0 saturated heterocycles. The molecule has 0 saturated carbocycles. The maximum atomic E-state index is 12.4. The first-order chi connectivity index (χ1) is 8.99. The molecule has 0 atom stereocenters. The van der Waals surface area contributed by atoms with E-state index in [1.807, 2.05) is 19.1 Å². The van der Waals surface area contributed by atoms with E-state index in [4.69, 9.17) is 0 Å². The highest BCUT2D eigenvalue weighted by molar-refractivity contribution is 5.98. The number of rotatable bonds is 3. The van der Waals surface area contributed by atoms with Crippen LogP contribution in [0.25, 0.3) is 0 Å². The molecule has 0 bridgehead atoms. The van der Waals surface area contributed by atoms with Crippen molar-refractivity contribution < 1.29 is 4.79 Å². The third-order valence-electron chi connectivity index (χ3n) is 3.49. The summed E-state index contributed by atoms with van der Waals surface area (Å²) in [6, 6.07) is 7.93. The summed E-state index contributed by atoms with van der Waals surface area (Å²) in [7, 11) is 0. The Hall–Kier alpha value is -1.96. The average Bonchev–Trinajstić information content (AvgIpc) is 2.34. The Morgan fingerprint density at radius 1 is 1.11 bits per heavy atom. The molecule has 0 radical (unpaired) electrons. The fraction of sp³-hybridized carbons (Fsp3) is 0.294. The Morgan fingerprint density at radius 3 is 2.32 bits per heavy atom. The Balaban J connectivity index is 2.32. The van der Waals surface area contributed by atoms with Crippen LogP contribution < -0.4 is 0 Å². The summed E-state index contributed by atoms with van der Waals surface area (Å²) in [5, 5.41) is 0. The lowest BCUT2D eigenvalue weighted by Gasteiger charge is -2.11. The van der Waals surface area contributed by atoms with Crippen molar-refractivity contribution in [3.63, 3.8) is 0 Å². The van der Waals surface area contributed by atoms with Crippen molar-refractivity contribution >= 4 is 5.78 Å². The summed E-state index contributed by atoms with van der Waals surface area (Å²) in [5.74, 6) is 0.139. The SMILES string of the molecule is Cc1cc(C)c(CC(=O)c2cccnc2C)c(C)c1. The molecule has 0 aliphatic carbocycles. The number of hydrogen-bond donors (Lipinski definition) is 0. The highest BCUT2D eigenvalue weighted by Crippen LogP contribution is 2.19. The van der Waals surface area contributed by atoms with Gasteiger partial charge in [0.2, 0.25) is 0 Å². The predicted molar refractivity (Wildman–Crippen MR) is 77.7 cm³/mol. The van der Waals surface area contributed by atoms with Crippen molar-refractivity contribution in [2.24, 2.45) is 0 Å². The van der Waals surface area contributed by atoms with Gasteiger partial charge in [-0.15, -0.1) is 0 Å². The summed E-state index contributed by atoms with van der Waals surface area (Å²) in [6.45, 7) is 8.09. The van der Waals surface area contributed by atoms with Crippen LogP contribution in [0.2, 0.25) is 0 Å². The Morgan fingerprint density at radius 2 is 1.74 bits per heavy atom. The summed E-state index contributed by atoms with van der Waals surface area (Å²) in [5.41, 5.74) is 6.28. The van der Waals surface area contributed by atoms with Crippen LogP contribution in [0.5, 0.6) is 0 Å². The van der Waals surface area contributed by atoms with Crippen molar-refractivity contribution in [1.82, 2.24) is 4.98 Å². The molecule has 19 heavy (non-hydrogen) atoms. The number of aromatic nitrogens is 1. The number of carbonyl (C=O) groups is 1. The molecule has 2 heteroatoms. The Kier molecular flexibility index (Phi) is 3.79. The maximum Gasteiger partial charge on any atom is 0.169 e. The molecule has 2 aromatic rings. The van der Waals surface area contributed by atoms with Crippen molar-refractivity contribution in [1.29, 1.82) is 0 Å². The van der Waals surface area contributed by atoms with Gasteiger partial charge in [0.15, 0.2) is 5.78 Å². The molecular weight excluding hydrogens is 234 g/mol. The van der Waals surface area contributed by atoms with Crippen LogP contribution in [0.15, 0.2) is 30.5 Å². The summed E-state index contributed by atoms with van der Waals surface area (Å²) in [6.07, 6.45) is 2.17. The summed E-state index contributed by atoms with van der Waals surface area (Å²) < 4.78 is 0. The third kappa shape index (κ3) is 2.90. The molecule has 0 spiro atoms. The highest BCUT2D eigenvalue weighted by Gasteiger charge is 2.13. The van der Waals surface area contributed by atoms with Gasteiger partial charge in [-0.1, -0.05) is 17.7 Å². The fourth-order valence-corrected chi connectivity index (χ4v) is 2.52. The van der Waals surface area contributed by atoms with E-state index in [2.05, 4.69) is 37.9 Å². The standard InChI is InChI=1S/C17H19NO/c1-11-8-12(2)16(13(3)9-11)10-17(19)15-6-5-7-18-14(15)4/h5-9H,10H2,1-4H3. The van der Waals surface area contributed by atoms with Crippen LogP contribution in [-0.2, 0) is 6.42 Å². The van der Waals surface area contributed by atoms with Gasteiger partial charge in [-0.25, -0.2) is 0 Å². The van der Waals surface area contributed by atoms with Gasteiger partial charge in [-0.3, -0.25) is 9.78 Å². The van der Waals surface area contributed by atoms with E-state index in [1.165, 1.54) is 16.7 Å². The Bertz CT molecular complexity index is 606. The number of nitrogens with zero attached hydrogens (tertiary/aromatic N) is 1. The second-order valence-electron chi connectivity index (χ2n) is 5.11. The van der Waals surface area contributed by atoms with E-state index in [0.29, 0.717) is 6.42 Å². The monoisotopic (exact) mass is 253 g/mol. The van der Waals surface area contributed by atoms with Crippen LogP contribution in [-0.4, -0.2) is 10.8 Å². The Labute approximate surface area is 114 Å². The minimum Gasteiger partial charge on any atom is -0.294 e. The minimum atomic E-state index is 0.139. The third-order valence-corrected chi connectivity index (χ3v) is 3.49. The lowest BCUT2D eigenvalue weighted by atomic mass is 9.93. The largest absolute Gasteiger partial charge is 0.294 e. The van der Waals surface area contributed by atoms with Gasteiger partial charge in [0.1, 0.15) is 0 Å². The fourth-order valence-electron chi connectivity index (χ4n) is 2.52. The molecule has 0 aliphatic heterocycles. The predicted octanol–water partition coefficient (Wildman–Crippen LogP) is 3.74. The van der Waals surface area contributed by atoms with Crippen LogP contribution in [0.4, 0.5) is 0 Å². The molecule has 1 aromatic heterocycles. The molecule has 1 aromatic carbocycles. The van der Waals surface area contributed by atoms with Gasteiger partial charge in [0, 0.05) is 23.9 Å². The lowest BCUT2D eigenvalue weighted by Crippen LogP contribution is -2.09. The van der Waals surface area contributed by atoms with Gasteiger partial charge in [-0.05, 0) is 56.5 Å². The minimum absolute atomic E-state index is 0.139. The molecule has 0 aliphatic rings. The normalized spacial score (nSPS) is 10.5. The topological polar surface area (TPSA) is 30.0 Å². The number of carbonyl (C=O) groups excluding carboxylic acids is 1. The number of aryl methyl sites for hydroxylation is 4. The van der Waals surface area contributed by atoms with E-state index in [-0.39, 0.29) is 5.78 Å². The molecular formula is C17H19NO. The van der Waals surface area contributed by atoms with Gasteiger partial charge in [0.05, 0.1) is 0 Å². The number of Topliss-reactive ketones (excluding diaryl/α,β-unsaturated/α-hetero) is 1. The van der Waals surface area contributed by atoms with Crippen molar-refractivity contribution in [2.75, 3.05) is 0 Å². The molecule has 2 rings (SSSR count). The molecule has 2 nitrogen and oxygen atoms in total. The molecule has 0 amide bonds. The van der Waals surface area contributed by atoms with E-state index >= 15 is 0 Å². The number of pyridine rings is 1.